The molecule has 4 aromatic rings. The number of hydrogen-bond acceptors (Lipinski definition) is 5. The van der Waals surface area contributed by atoms with Crippen molar-refractivity contribution >= 4 is 23.6 Å². The highest BCUT2D eigenvalue weighted by atomic mass is 19.4. The largest absolute Gasteiger partial charge is 0.573 e. The zero-order valence-electron chi connectivity index (χ0n) is 21.8. The molecule has 0 heterocycles. The van der Waals surface area contributed by atoms with Crippen molar-refractivity contribution in [2.75, 3.05) is 12.4 Å². The van der Waals surface area contributed by atoms with E-state index in [0.29, 0.717) is 29.2 Å². The topological polar surface area (TPSA) is 85.9 Å². The van der Waals surface area contributed by atoms with E-state index in [9.17, 15) is 22.8 Å². The van der Waals surface area contributed by atoms with E-state index < -0.39 is 23.9 Å². The Hall–Kier alpha value is -5.25. The van der Waals surface area contributed by atoms with E-state index in [4.69, 9.17) is 9.47 Å². The van der Waals surface area contributed by atoms with Crippen LogP contribution in [-0.4, -0.2) is 25.3 Å². The Labute approximate surface area is 234 Å². The Morgan fingerprint density at radius 3 is 2.12 bits per heavy atom. The number of benzene rings is 4. The quantitative estimate of drug-likeness (QED) is 0.213. The molecule has 0 radical (unpaired) electrons. The first-order chi connectivity index (χ1) is 19.7. The lowest BCUT2D eigenvalue weighted by Gasteiger charge is -2.14. The van der Waals surface area contributed by atoms with Gasteiger partial charge in [-0.05, 0) is 65.7 Å². The lowest BCUT2D eigenvalue weighted by atomic mass is 10.1. The smallest absolute Gasteiger partial charge is 0.493 e. The normalized spacial score (nSPS) is 11.4. The molecule has 0 fully saturated rings. The van der Waals surface area contributed by atoms with Crippen LogP contribution in [0.1, 0.15) is 21.5 Å². The molecule has 210 valence electrons. The number of amides is 2. The lowest BCUT2D eigenvalue weighted by molar-refractivity contribution is -0.274. The van der Waals surface area contributed by atoms with Crippen LogP contribution < -0.4 is 24.8 Å². The number of carbonyl (C=O) groups is 2. The molecule has 0 atom stereocenters. The van der Waals surface area contributed by atoms with Crippen molar-refractivity contribution in [3.63, 3.8) is 0 Å². The maximum absolute atomic E-state index is 13.2. The average Bonchev–Trinajstić information content (AvgIpc) is 2.97. The predicted octanol–water partition coefficient (Wildman–Crippen LogP) is 6.58. The monoisotopic (exact) mass is 562 g/mol. The number of alkyl halides is 3. The Bertz CT molecular complexity index is 1510. The van der Waals surface area contributed by atoms with Crippen LogP contribution in [0.25, 0.3) is 6.08 Å². The van der Waals surface area contributed by atoms with Crippen LogP contribution in [0, 0.1) is 0 Å². The Morgan fingerprint density at radius 1 is 0.829 bits per heavy atom. The van der Waals surface area contributed by atoms with Crippen LogP contribution in [0.3, 0.4) is 0 Å². The molecule has 0 spiro atoms. The summed E-state index contributed by atoms with van der Waals surface area (Å²) in [5, 5.41) is 5.18. The van der Waals surface area contributed by atoms with Gasteiger partial charge in [0.05, 0.1) is 7.11 Å². The Balaban J connectivity index is 1.57. The van der Waals surface area contributed by atoms with Gasteiger partial charge in [-0.15, -0.1) is 13.2 Å². The molecular weight excluding hydrogens is 537 g/mol. The summed E-state index contributed by atoms with van der Waals surface area (Å²) in [6, 6.07) is 27.5. The van der Waals surface area contributed by atoms with Gasteiger partial charge in [0, 0.05) is 11.3 Å². The fraction of sp³-hybridized carbons (Fsp3) is 0.0968. The second kappa shape index (κ2) is 13.2. The molecule has 0 saturated heterocycles. The fourth-order valence-electron chi connectivity index (χ4n) is 3.68. The molecule has 10 heteroatoms. The summed E-state index contributed by atoms with van der Waals surface area (Å²) in [5.74, 6) is -0.791. The van der Waals surface area contributed by atoms with Crippen molar-refractivity contribution in [1.29, 1.82) is 0 Å². The third kappa shape index (κ3) is 8.62. The van der Waals surface area contributed by atoms with E-state index >= 15 is 0 Å². The van der Waals surface area contributed by atoms with Gasteiger partial charge in [0.25, 0.3) is 11.8 Å². The number of nitrogens with one attached hydrogen (secondary N) is 2. The molecule has 41 heavy (non-hydrogen) atoms. The molecular formula is C31H25F3N2O5. The van der Waals surface area contributed by atoms with Crippen molar-refractivity contribution in [2.24, 2.45) is 0 Å². The van der Waals surface area contributed by atoms with E-state index in [2.05, 4.69) is 15.4 Å². The van der Waals surface area contributed by atoms with E-state index in [1.54, 1.807) is 48.5 Å². The minimum Gasteiger partial charge on any atom is -0.493 e. The molecule has 0 aromatic heterocycles. The summed E-state index contributed by atoms with van der Waals surface area (Å²) in [6.45, 7) is 0.319. The van der Waals surface area contributed by atoms with Crippen molar-refractivity contribution < 1.29 is 37.0 Å². The summed E-state index contributed by atoms with van der Waals surface area (Å²) < 4.78 is 52.6. The van der Waals surface area contributed by atoms with Crippen LogP contribution in [0.15, 0.2) is 109 Å². The van der Waals surface area contributed by atoms with E-state index in [1.807, 2.05) is 30.3 Å². The van der Waals surface area contributed by atoms with Crippen molar-refractivity contribution in [2.45, 2.75) is 13.0 Å². The van der Waals surface area contributed by atoms with E-state index in [1.165, 1.54) is 25.3 Å². The van der Waals surface area contributed by atoms with Crippen LogP contribution in [0.5, 0.6) is 17.2 Å². The number of carbonyl (C=O) groups excluding carboxylic acids is 2. The summed E-state index contributed by atoms with van der Waals surface area (Å²) in [4.78, 5) is 26.1. The van der Waals surface area contributed by atoms with Gasteiger partial charge in [-0.1, -0.05) is 54.6 Å². The molecule has 0 aliphatic rings. The second-order valence-electron chi connectivity index (χ2n) is 8.59. The minimum atomic E-state index is -4.84. The van der Waals surface area contributed by atoms with Gasteiger partial charge in [-0.25, -0.2) is 0 Å². The molecule has 0 bridgehead atoms. The van der Waals surface area contributed by atoms with E-state index in [0.717, 1.165) is 17.7 Å². The van der Waals surface area contributed by atoms with Gasteiger partial charge in [-0.3, -0.25) is 9.59 Å². The number of methoxy groups -OCH3 is 1. The minimum absolute atomic E-state index is 0.116. The van der Waals surface area contributed by atoms with Crippen LogP contribution in [0.2, 0.25) is 0 Å². The summed E-state index contributed by atoms with van der Waals surface area (Å²) in [7, 11) is 1.48. The standard InChI is InChI=1S/C31H25F3N2O5/c1-39-28-19-22(12-17-27(28)40-20-21-8-4-2-5-9-21)18-26(36-29(37)23-10-6-3-7-11-23)30(38)35-24-13-15-25(16-14-24)41-31(32,33)34/h2-19H,20H2,1H3,(H,35,38)(H,36,37)/b26-18-. The van der Waals surface area contributed by atoms with Gasteiger partial charge >= 0.3 is 6.36 Å². The van der Waals surface area contributed by atoms with Gasteiger partial charge in [-0.2, -0.15) is 0 Å². The highest BCUT2D eigenvalue weighted by Gasteiger charge is 2.31. The Morgan fingerprint density at radius 2 is 1.49 bits per heavy atom. The number of halogens is 3. The molecule has 2 amide bonds. The molecule has 4 rings (SSSR count). The summed E-state index contributed by atoms with van der Waals surface area (Å²) >= 11 is 0. The molecule has 0 aliphatic heterocycles. The first kappa shape index (κ1) is 28.8. The Kier molecular flexibility index (Phi) is 9.26. The van der Waals surface area contributed by atoms with Crippen molar-refractivity contribution in [1.82, 2.24) is 5.32 Å². The highest BCUT2D eigenvalue weighted by molar-refractivity contribution is 6.10. The van der Waals surface area contributed by atoms with Crippen molar-refractivity contribution in [3.8, 4) is 17.2 Å². The third-order valence-electron chi connectivity index (χ3n) is 5.61. The van der Waals surface area contributed by atoms with Gasteiger partial charge < -0.3 is 24.8 Å². The third-order valence-corrected chi connectivity index (χ3v) is 5.61. The highest BCUT2D eigenvalue weighted by Crippen LogP contribution is 2.30. The van der Waals surface area contributed by atoms with Gasteiger partial charge in [0.1, 0.15) is 18.1 Å². The van der Waals surface area contributed by atoms with Gasteiger partial charge in [0.15, 0.2) is 11.5 Å². The second-order valence-corrected chi connectivity index (χ2v) is 8.59. The zero-order valence-corrected chi connectivity index (χ0v) is 21.8. The molecule has 0 aliphatic carbocycles. The lowest BCUT2D eigenvalue weighted by Crippen LogP contribution is -2.30. The summed E-state index contributed by atoms with van der Waals surface area (Å²) in [6.07, 6.45) is -3.40. The molecule has 0 unspecified atom stereocenters. The average molecular weight is 563 g/mol. The van der Waals surface area contributed by atoms with Crippen LogP contribution >= 0.6 is 0 Å². The number of hydrogen-bond donors (Lipinski definition) is 2. The molecule has 7 nitrogen and oxygen atoms in total. The number of rotatable bonds is 10. The zero-order chi connectivity index (χ0) is 29.2. The number of ether oxygens (including phenoxy) is 3. The van der Waals surface area contributed by atoms with Gasteiger partial charge in [0.2, 0.25) is 0 Å². The van der Waals surface area contributed by atoms with Crippen LogP contribution in [0.4, 0.5) is 18.9 Å². The van der Waals surface area contributed by atoms with Crippen molar-refractivity contribution in [3.05, 3.63) is 126 Å². The SMILES string of the molecule is COc1cc(/C=C(\NC(=O)c2ccccc2)C(=O)Nc2ccc(OC(F)(F)F)cc2)ccc1OCc1ccccc1. The van der Waals surface area contributed by atoms with E-state index in [-0.39, 0.29) is 11.4 Å². The maximum atomic E-state index is 13.2. The first-order valence-electron chi connectivity index (χ1n) is 12.3. The first-order valence-corrected chi connectivity index (χ1v) is 12.3. The summed E-state index contributed by atoms with van der Waals surface area (Å²) in [5.41, 5.74) is 1.88. The predicted molar refractivity (Wildman–Crippen MR) is 147 cm³/mol. The fourth-order valence-corrected chi connectivity index (χ4v) is 3.68. The molecule has 4 aromatic carbocycles. The molecule has 0 saturated carbocycles. The molecule has 2 N–H and O–H groups in total. The van der Waals surface area contributed by atoms with Crippen LogP contribution in [-0.2, 0) is 11.4 Å². The number of anilines is 1. The maximum Gasteiger partial charge on any atom is 0.573 e.